The molecule has 1 saturated heterocycles. The molecule has 2 heterocycles. The van der Waals surface area contributed by atoms with E-state index in [9.17, 15) is 9.18 Å². The Morgan fingerprint density at radius 3 is 2.68 bits per heavy atom. The quantitative estimate of drug-likeness (QED) is 0.936. The molecule has 1 aromatic carbocycles. The lowest BCUT2D eigenvalue weighted by atomic mass is 10.2. The molecule has 0 bridgehead atoms. The smallest absolute Gasteiger partial charge is 0.304 e. The van der Waals surface area contributed by atoms with Crippen LogP contribution in [-0.2, 0) is 4.79 Å². The van der Waals surface area contributed by atoms with E-state index in [2.05, 4.69) is 14.8 Å². The second-order valence-corrected chi connectivity index (χ2v) is 5.48. The van der Waals surface area contributed by atoms with Gasteiger partial charge in [-0.05, 0) is 30.3 Å². The van der Waals surface area contributed by atoms with Crippen LogP contribution < -0.4 is 4.90 Å². The molecule has 6 heteroatoms. The van der Waals surface area contributed by atoms with Gasteiger partial charge in [-0.2, -0.15) is 0 Å². The van der Waals surface area contributed by atoms with Gasteiger partial charge < -0.3 is 10.0 Å². The van der Waals surface area contributed by atoms with Gasteiger partial charge in [0, 0.05) is 38.1 Å². The van der Waals surface area contributed by atoms with E-state index in [1.165, 1.54) is 12.1 Å². The molecule has 1 aliphatic rings. The molecular formula is C16H18FN3O2. The molecule has 116 valence electrons. The van der Waals surface area contributed by atoms with Crippen molar-refractivity contribution in [3.63, 3.8) is 0 Å². The highest BCUT2D eigenvalue weighted by Crippen LogP contribution is 2.20. The van der Waals surface area contributed by atoms with E-state index < -0.39 is 5.97 Å². The molecule has 0 amide bonds. The number of aliphatic carboxylic acids is 1. The van der Waals surface area contributed by atoms with Gasteiger partial charge in [0.1, 0.15) is 11.6 Å². The minimum absolute atomic E-state index is 0.180. The van der Waals surface area contributed by atoms with Crippen LogP contribution in [0.15, 0.2) is 30.3 Å². The number of aromatic nitrogens is 1. The van der Waals surface area contributed by atoms with Crippen molar-refractivity contribution in [2.24, 2.45) is 0 Å². The third-order valence-electron chi connectivity index (χ3n) is 3.97. The van der Waals surface area contributed by atoms with E-state index in [0.717, 1.165) is 42.9 Å². The van der Waals surface area contributed by atoms with E-state index in [1.54, 1.807) is 6.07 Å². The second-order valence-electron chi connectivity index (χ2n) is 5.48. The van der Waals surface area contributed by atoms with Crippen molar-refractivity contribution in [3.8, 4) is 0 Å². The number of halogens is 1. The number of carbonyl (C=O) groups is 1. The molecule has 22 heavy (non-hydrogen) atoms. The molecule has 1 N–H and O–H groups in total. The fourth-order valence-electron chi connectivity index (χ4n) is 2.72. The van der Waals surface area contributed by atoms with Crippen LogP contribution in [-0.4, -0.2) is 53.7 Å². The Morgan fingerprint density at radius 2 is 1.95 bits per heavy atom. The third kappa shape index (κ3) is 3.33. The number of hydrogen-bond donors (Lipinski definition) is 1. The fourth-order valence-corrected chi connectivity index (χ4v) is 2.72. The molecule has 0 atom stereocenters. The molecule has 0 radical (unpaired) electrons. The van der Waals surface area contributed by atoms with Crippen LogP contribution in [0.5, 0.6) is 0 Å². The number of anilines is 1. The van der Waals surface area contributed by atoms with Gasteiger partial charge in [0.2, 0.25) is 0 Å². The zero-order valence-corrected chi connectivity index (χ0v) is 12.2. The SMILES string of the molecule is O=C(O)CCN1CCN(c2ccc3cc(F)ccc3n2)CC1. The molecule has 0 saturated carbocycles. The first-order valence-electron chi connectivity index (χ1n) is 7.37. The highest BCUT2D eigenvalue weighted by molar-refractivity contribution is 5.80. The van der Waals surface area contributed by atoms with Crippen LogP contribution in [0.1, 0.15) is 6.42 Å². The molecule has 0 spiro atoms. The summed E-state index contributed by atoms with van der Waals surface area (Å²) in [4.78, 5) is 19.5. The summed E-state index contributed by atoms with van der Waals surface area (Å²) < 4.78 is 13.2. The van der Waals surface area contributed by atoms with E-state index in [1.807, 2.05) is 12.1 Å². The van der Waals surface area contributed by atoms with Gasteiger partial charge in [0.05, 0.1) is 11.9 Å². The second kappa shape index (κ2) is 6.27. The number of nitrogens with zero attached hydrogens (tertiary/aromatic N) is 3. The molecule has 1 aliphatic heterocycles. The topological polar surface area (TPSA) is 56.7 Å². The molecule has 5 nitrogen and oxygen atoms in total. The van der Waals surface area contributed by atoms with Gasteiger partial charge in [0.25, 0.3) is 0 Å². The number of carboxylic acids is 1. The standard InChI is InChI=1S/C16H18FN3O2/c17-13-2-3-14-12(11-13)1-4-15(18-14)20-9-7-19(8-10-20)6-5-16(21)22/h1-4,11H,5-10H2,(H,21,22). The number of piperazine rings is 1. The predicted molar refractivity (Wildman–Crippen MR) is 82.6 cm³/mol. The van der Waals surface area contributed by atoms with Crippen molar-refractivity contribution >= 4 is 22.7 Å². The minimum atomic E-state index is -0.758. The Bertz CT molecular complexity index is 684. The maximum Gasteiger partial charge on any atom is 0.304 e. The summed E-state index contributed by atoms with van der Waals surface area (Å²) in [5, 5.41) is 9.52. The Kier molecular flexibility index (Phi) is 4.20. The summed E-state index contributed by atoms with van der Waals surface area (Å²) in [6, 6.07) is 8.39. The van der Waals surface area contributed by atoms with Crippen molar-refractivity contribution in [1.29, 1.82) is 0 Å². The van der Waals surface area contributed by atoms with Gasteiger partial charge in [0.15, 0.2) is 0 Å². The lowest BCUT2D eigenvalue weighted by Gasteiger charge is -2.35. The summed E-state index contributed by atoms with van der Waals surface area (Å²) in [5.74, 6) is -0.128. The summed E-state index contributed by atoms with van der Waals surface area (Å²) in [7, 11) is 0. The summed E-state index contributed by atoms with van der Waals surface area (Å²) in [6.45, 7) is 3.89. The zero-order chi connectivity index (χ0) is 15.5. The van der Waals surface area contributed by atoms with Gasteiger partial charge >= 0.3 is 5.97 Å². The third-order valence-corrected chi connectivity index (χ3v) is 3.97. The maximum atomic E-state index is 13.2. The van der Waals surface area contributed by atoms with E-state index >= 15 is 0 Å². The molecule has 2 aromatic rings. The highest BCUT2D eigenvalue weighted by Gasteiger charge is 2.18. The lowest BCUT2D eigenvalue weighted by molar-refractivity contribution is -0.137. The van der Waals surface area contributed by atoms with Crippen LogP contribution in [0.3, 0.4) is 0 Å². The van der Waals surface area contributed by atoms with Crippen molar-refractivity contribution in [2.75, 3.05) is 37.6 Å². The highest BCUT2D eigenvalue weighted by atomic mass is 19.1. The van der Waals surface area contributed by atoms with E-state index in [4.69, 9.17) is 5.11 Å². The number of hydrogen-bond acceptors (Lipinski definition) is 4. The predicted octanol–water partition coefficient (Wildman–Crippen LogP) is 1.97. The Labute approximate surface area is 128 Å². The average Bonchev–Trinajstić information content (AvgIpc) is 2.53. The number of fused-ring (bicyclic) bond motifs is 1. The van der Waals surface area contributed by atoms with Crippen molar-refractivity contribution in [2.45, 2.75) is 6.42 Å². The first-order chi connectivity index (χ1) is 10.6. The minimum Gasteiger partial charge on any atom is -0.481 e. The first-order valence-corrected chi connectivity index (χ1v) is 7.37. The van der Waals surface area contributed by atoms with Crippen molar-refractivity contribution in [1.82, 2.24) is 9.88 Å². The van der Waals surface area contributed by atoms with Crippen LogP contribution in [0.25, 0.3) is 10.9 Å². The number of carboxylic acid groups (broad SMARTS) is 1. The van der Waals surface area contributed by atoms with E-state index in [0.29, 0.717) is 6.54 Å². The number of pyridine rings is 1. The normalized spacial score (nSPS) is 16.1. The van der Waals surface area contributed by atoms with Crippen LogP contribution in [0, 0.1) is 5.82 Å². The summed E-state index contributed by atoms with van der Waals surface area (Å²) >= 11 is 0. The van der Waals surface area contributed by atoms with Crippen LogP contribution in [0.2, 0.25) is 0 Å². The Morgan fingerprint density at radius 1 is 1.18 bits per heavy atom. The Hall–Kier alpha value is -2.21. The summed E-state index contributed by atoms with van der Waals surface area (Å²) in [5.41, 5.74) is 0.784. The van der Waals surface area contributed by atoms with Crippen molar-refractivity contribution < 1.29 is 14.3 Å². The molecule has 1 fully saturated rings. The van der Waals surface area contributed by atoms with Gasteiger partial charge in [-0.1, -0.05) is 0 Å². The fraction of sp³-hybridized carbons (Fsp3) is 0.375. The van der Waals surface area contributed by atoms with Gasteiger partial charge in [-0.3, -0.25) is 9.69 Å². The zero-order valence-electron chi connectivity index (χ0n) is 12.2. The van der Waals surface area contributed by atoms with Gasteiger partial charge in [-0.25, -0.2) is 9.37 Å². The maximum absolute atomic E-state index is 13.2. The lowest BCUT2D eigenvalue weighted by Crippen LogP contribution is -2.47. The van der Waals surface area contributed by atoms with Crippen LogP contribution in [0.4, 0.5) is 10.2 Å². The molecule has 0 aliphatic carbocycles. The number of rotatable bonds is 4. The first kappa shape index (κ1) is 14.7. The van der Waals surface area contributed by atoms with Crippen LogP contribution >= 0.6 is 0 Å². The summed E-state index contributed by atoms with van der Waals surface area (Å²) in [6.07, 6.45) is 0.180. The molecular weight excluding hydrogens is 285 g/mol. The van der Waals surface area contributed by atoms with Crippen molar-refractivity contribution in [3.05, 3.63) is 36.1 Å². The molecule has 0 unspecified atom stereocenters. The number of benzene rings is 1. The monoisotopic (exact) mass is 303 g/mol. The largest absolute Gasteiger partial charge is 0.481 e. The average molecular weight is 303 g/mol. The molecule has 1 aromatic heterocycles. The van der Waals surface area contributed by atoms with Gasteiger partial charge in [-0.15, -0.1) is 0 Å². The Balaban J connectivity index is 1.66. The van der Waals surface area contributed by atoms with E-state index in [-0.39, 0.29) is 12.2 Å². The molecule has 3 rings (SSSR count).